The number of aromatic nitrogens is 4. The third kappa shape index (κ3) is 6.02. The number of hydrogen-bond donors (Lipinski definition) is 0. The Balaban J connectivity index is 1.28. The van der Waals surface area contributed by atoms with Crippen molar-refractivity contribution in [2.45, 2.75) is 27.7 Å². The molecule has 5 heterocycles. The molecular weight excluding hydrogens is 597 g/mol. The number of hydrogen-bond acceptors (Lipinski definition) is 8. The van der Waals surface area contributed by atoms with Gasteiger partial charge in [0.15, 0.2) is 6.20 Å². The first kappa shape index (κ1) is 32.1. The topological polar surface area (TPSA) is 88.0 Å². The van der Waals surface area contributed by atoms with Crippen molar-refractivity contribution in [3.8, 4) is 17.0 Å². The molecule has 0 saturated carbocycles. The molecule has 0 amide bonds. The number of ether oxygens (including phenoxy) is 5. The average Bonchev–Trinajstić information content (AvgIpc) is 3.74. The lowest BCUT2D eigenvalue weighted by molar-refractivity contribution is -0.366. The molecule has 1 aromatic carbocycles. The molecule has 246 valence electrons. The molecule has 2 aromatic heterocycles. The zero-order chi connectivity index (χ0) is 32.4. The fourth-order valence-electron chi connectivity index (χ4n) is 6.60. The van der Waals surface area contributed by atoms with Crippen LogP contribution in [0.5, 0.6) is 5.75 Å². The molecule has 14 heteroatoms. The number of methoxy groups -OCH3 is 1. The molecule has 3 aliphatic heterocycles. The largest absolute Gasteiger partial charge is 0.639 e. The Morgan fingerprint density at radius 1 is 0.870 bits per heavy atom. The van der Waals surface area contributed by atoms with Gasteiger partial charge in [0.2, 0.25) is 0 Å². The van der Waals surface area contributed by atoms with Crippen LogP contribution in [0.3, 0.4) is 0 Å². The summed E-state index contributed by atoms with van der Waals surface area (Å²) in [4.78, 5) is 2.15. The van der Waals surface area contributed by atoms with E-state index in [-0.39, 0.29) is 5.84 Å². The molecule has 0 aliphatic carbocycles. The van der Waals surface area contributed by atoms with Gasteiger partial charge in [0.05, 0.1) is 71.3 Å². The van der Waals surface area contributed by atoms with Crippen LogP contribution in [0.15, 0.2) is 47.8 Å². The SMILES string of the molecule is COc1cc(-c2cn(C3=[N+]4C(=C(C)c5c(C)cc(C)n5[B-]4(F)F)C(C)=C3)nn2)ccc1N1CCOCCOCCOCCOCC1. The zero-order valence-electron chi connectivity index (χ0n) is 27.1. The monoisotopic (exact) mass is 638 g/mol. The van der Waals surface area contributed by atoms with Crippen LogP contribution < -0.4 is 9.64 Å². The predicted molar refractivity (Wildman–Crippen MR) is 172 cm³/mol. The van der Waals surface area contributed by atoms with Gasteiger partial charge < -0.3 is 46.2 Å². The van der Waals surface area contributed by atoms with Crippen LogP contribution >= 0.6 is 0 Å². The summed E-state index contributed by atoms with van der Waals surface area (Å²) in [6, 6.07) is 7.59. The van der Waals surface area contributed by atoms with E-state index >= 15 is 8.63 Å². The number of anilines is 1. The number of rotatable bonds is 3. The molecular formula is C32H41BF2N6O5. The van der Waals surface area contributed by atoms with Gasteiger partial charge in [-0.1, -0.05) is 10.7 Å². The van der Waals surface area contributed by atoms with Crippen molar-refractivity contribution in [1.82, 2.24) is 19.5 Å². The van der Waals surface area contributed by atoms with Gasteiger partial charge in [-0.25, -0.2) is 0 Å². The first-order valence-corrected chi connectivity index (χ1v) is 15.7. The van der Waals surface area contributed by atoms with E-state index in [0.717, 1.165) is 32.4 Å². The third-order valence-electron chi connectivity index (χ3n) is 8.63. The van der Waals surface area contributed by atoms with Crippen LogP contribution in [0.1, 0.15) is 30.8 Å². The molecule has 11 nitrogen and oxygen atoms in total. The first-order chi connectivity index (χ1) is 22.2. The van der Waals surface area contributed by atoms with Gasteiger partial charge in [-0.3, -0.25) is 0 Å². The molecule has 0 spiro atoms. The lowest BCUT2D eigenvalue weighted by Crippen LogP contribution is -2.52. The summed E-state index contributed by atoms with van der Waals surface area (Å²) in [5, 5.41) is 8.69. The maximum atomic E-state index is 16.3. The highest BCUT2D eigenvalue weighted by molar-refractivity contribution is 6.58. The molecule has 0 radical (unpaired) electrons. The maximum Gasteiger partial charge on any atom is 0.639 e. The maximum absolute atomic E-state index is 16.3. The smallest absolute Gasteiger partial charge is 0.495 e. The molecule has 1 fully saturated rings. The highest BCUT2D eigenvalue weighted by Gasteiger charge is 2.51. The molecule has 0 bridgehead atoms. The van der Waals surface area contributed by atoms with Crippen LogP contribution in [0, 0.1) is 13.8 Å². The summed E-state index contributed by atoms with van der Waals surface area (Å²) >= 11 is 0. The van der Waals surface area contributed by atoms with Crippen molar-refractivity contribution >= 4 is 24.1 Å². The minimum Gasteiger partial charge on any atom is -0.495 e. The fraction of sp³-hybridized carbons (Fsp3) is 0.469. The highest BCUT2D eigenvalue weighted by Crippen LogP contribution is 2.41. The molecule has 46 heavy (non-hydrogen) atoms. The molecule has 0 N–H and O–H groups in total. The van der Waals surface area contributed by atoms with E-state index in [2.05, 4.69) is 15.2 Å². The second-order valence-electron chi connectivity index (χ2n) is 11.7. The van der Waals surface area contributed by atoms with Crippen LogP contribution in [-0.2, 0) is 18.9 Å². The van der Waals surface area contributed by atoms with Gasteiger partial charge in [-0.2, -0.15) is 0 Å². The van der Waals surface area contributed by atoms with Crippen LogP contribution in [0.2, 0.25) is 0 Å². The summed E-state index contributed by atoms with van der Waals surface area (Å²) in [6.45, 7) is 8.51. The van der Waals surface area contributed by atoms with E-state index in [1.165, 1.54) is 9.16 Å². The van der Waals surface area contributed by atoms with Crippen molar-refractivity contribution in [2.75, 3.05) is 78.0 Å². The van der Waals surface area contributed by atoms with Crippen LogP contribution in [-0.4, -0.2) is 110 Å². The minimum atomic E-state index is -4.17. The summed E-state index contributed by atoms with van der Waals surface area (Å²) in [6.07, 6.45) is 3.43. The molecule has 0 unspecified atom stereocenters. The number of nitrogens with zero attached hydrogens (tertiary/aromatic N) is 6. The van der Waals surface area contributed by atoms with E-state index in [1.807, 2.05) is 45.0 Å². The normalized spacial score (nSPS) is 19.8. The van der Waals surface area contributed by atoms with Crippen LogP contribution in [0.25, 0.3) is 16.8 Å². The van der Waals surface area contributed by atoms with E-state index in [4.69, 9.17) is 23.7 Å². The summed E-state index contributed by atoms with van der Waals surface area (Å²) in [5.74, 6) is 0.895. The Kier molecular flexibility index (Phi) is 9.41. The number of benzene rings is 1. The van der Waals surface area contributed by atoms with E-state index in [0.29, 0.717) is 94.5 Å². The first-order valence-electron chi connectivity index (χ1n) is 15.7. The van der Waals surface area contributed by atoms with Crippen molar-refractivity contribution in [2.24, 2.45) is 0 Å². The van der Waals surface area contributed by atoms with Gasteiger partial charge in [0, 0.05) is 46.8 Å². The minimum absolute atomic E-state index is 0.257. The summed E-state index contributed by atoms with van der Waals surface area (Å²) in [7, 11) is 1.62. The van der Waals surface area contributed by atoms with Gasteiger partial charge in [-0.05, 0) is 57.2 Å². The lowest BCUT2D eigenvalue weighted by atomic mass is 9.87. The highest BCUT2D eigenvalue weighted by atomic mass is 19.2. The standard InChI is InChI=1S/C32H41BF2N6O5/c1-22-18-24(3)40-31(22)25(4)32-23(2)19-30(41(32)33(40,34)35)39-21-27(36-37-39)26-6-7-28(29(20-26)42-5)38-8-10-43-12-14-45-16-17-46-15-13-44-11-9-38/h6-7,18-21H,8-17H2,1-5H3. The number of aryl methyl sites for hydroxylation is 2. The van der Waals surface area contributed by atoms with Gasteiger partial charge in [0.25, 0.3) is 5.84 Å². The number of fused-ring (bicyclic) bond motifs is 2. The molecule has 1 saturated heterocycles. The number of halogens is 2. The van der Waals surface area contributed by atoms with Crippen LogP contribution in [0.4, 0.5) is 14.3 Å². The van der Waals surface area contributed by atoms with Gasteiger partial charge in [0.1, 0.15) is 11.4 Å². The second-order valence-corrected chi connectivity index (χ2v) is 11.7. The second kappa shape index (κ2) is 13.5. The molecule has 0 atom stereocenters. The Morgan fingerprint density at radius 2 is 1.50 bits per heavy atom. The molecule has 3 aromatic rings. The summed E-state index contributed by atoms with van der Waals surface area (Å²) in [5.41, 5.74) is 6.16. The number of allylic oxidation sites excluding steroid dienone is 3. The average molecular weight is 639 g/mol. The van der Waals surface area contributed by atoms with Gasteiger partial charge >= 0.3 is 6.97 Å². The third-order valence-corrected chi connectivity index (χ3v) is 8.63. The van der Waals surface area contributed by atoms with E-state index < -0.39 is 6.97 Å². The molecule has 3 aliphatic rings. The van der Waals surface area contributed by atoms with Gasteiger partial charge in [-0.15, -0.1) is 5.10 Å². The van der Waals surface area contributed by atoms with E-state index in [1.54, 1.807) is 26.3 Å². The zero-order valence-corrected chi connectivity index (χ0v) is 27.1. The van der Waals surface area contributed by atoms with Crippen molar-refractivity contribution in [1.29, 1.82) is 0 Å². The lowest BCUT2D eigenvalue weighted by Gasteiger charge is -2.36. The van der Waals surface area contributed by atoms with Crippen molar-refractivity contribution in [3.63, 3.8) is 0 Å². The Bertz CT molecular complexity index is 1680. The quantitative estimate of drug-likeness (QED) is 0.396. The Hall–Kier alpha value is -3.85. The molecule has 6 rings (SSSR count). The van der Waals surface area contributed by atoms with Crippen molar-refractivity contribution in [3.05, 3.63) is 64.8 Å². The van der Waals surface area contributed by atoms with E-state index in [9.17, 15) is 0 Å². The fourth-order valence-corrected chi connectivity index (χ4v) is 6.60. The van der Waals surface area contributed by atoms with Crippen molar-refractivity contribution < 1.29 is 36.8 Å². The Morgan fingerprint density at radius 3 is 2.13 bits per heavy atom. The predicted octanol–water partition coefficient (Wildman–Crippen LogP) is 4.14. The summed E-state index contributed by atoms with van der Waals surface area (Å²) < 4.78 is 64.8. The Labute approximate surface area is 267 Å².